The van der Waals surface area contributed by atoms with Crippen molar-refractivity contribution in [2.45, 2.75) is 12.4 Å². The standard InChI is InChI=1S/C23H15FN4O.2C2HF3O2/c24-17-9-7-15(8-10-17)22-27-21(20-6-1-2-13-28(20)22)23(29)26-19-5-3-4-16-14-25-12-11-18(16)19;2*3-2(4,5)1(6)7/h1-14H,(H,26,29);2*(H,6,7). The van der Waals surface area contributed by atoms with Gasteiger partial charge in [-0.05, 0) is 48.5 Å². The molecule has 2 aromatic carbocycles. The average molecular weight is 610 g/mol. The number of carboxylic acid groups (broad SMARTS) is 2. The fraction of sp³-hybridized carbons (Fsp3) is 0.0741. The molecule has 0 atom stereocenters. The zero-order valence-corrected chi connectivity index (χ0v) is 21.2. The molecule has 5 aromatic rings. The molecule has 0 spiro atoms. The zero-order chi connectivity index (χ0) is 31.9. The van der Waals surface area contributed by atoms with Gasteiger partial charge in [0, 0.05) is 40.6 Å². The zero-order valence-electron chi connectivity index (χ0n) is 21.2. The molecule has 9 nitrogen and oxygen atoms in total. The summed E-state index contributed by atoms with van der Waals surface area (Å²) in [5.41, 5.74) is 2.39. The van der Waals surface area contributed by atoms with Crippen LogP contribution in [0.3, 0.4) is 0 Å². The minimum Gasteiger partial charge on any atom is -0.475 e. The molecule has 0 saturated carbocycles. The molecule has 0 bridgehead atoms. The normalized spacial score (nSPS) is 11.1. The molecule has 16 heteroatoms. The lowest BCUT2D eigenvalue weighted by Crippen LogP contribution is -2.21. The molecule has 5 rings (SSSR count). The Kier molecular flexibility index (Phi) is 9.64. The number of carbonyl (C=O) groups excluding carboxylic acids is 1. The van der Waals surface area contributed by atoms with Crippen LogP contribution in [0.15, 0.2) is 85.3 Å². The molecule has 0 radical (unpaired) electrons. The number of benzene rings is 2. The number of carbonyl (C=O) groups is 3. The van der Waals surface area contributed by atoms with E-state index in [2.05, 4.69) is 15.3 Å². The summed E-state index contributed by atoms with van der Waals surface area (Å²) in [6, 6.07) is 19.1. The second-order valence-corrected chi connectivity index (χ2v) is 8.21. The third kappa shape index (κ3) is 8.25. The van der Waals surface area contributed by atoms with E-state index in [1.807, 2.05) is 53.1 Å². The van der Waals surface area contributed by atoms with E-state index in [4.69, 9.17) is 19.8 Å². The first-order valence-corrected chi connectivity index (χ1v) is 11.6. The van der Waals surface area contributed by atoms with Crippen molar-refractivity contribution in [1.29, 1.82) is 0 Å². The monoisotopic (exact) mass is 610 g/mol. The molecule has 0 unspecified atom stereocenters. The van der Waals surface area contributed by atoms with Crippen LogP contribution in [-0.4, -0.2) is 54.8 Å². The van der Waals surface area contributed by atoms with Gasteiger partial charge in [0.25, 0.3) is 5.91 Å². The Bertz CT molecular complexity index is 1740. The van der Waals surface area contributed by atoms with Crippen molar-refractivity contribution in [2.24, 2.45) is 0 Å². The van der Waals surface area contributed by atoms with E-state index in [1.165, 1.54) is 12.1 Å². The molecule has 3 aromatic heterocycles. The van der Waals surface area contributed by atoms with Gasteiger partial charge in [0.2, 0.25) is 0 Å². The van der Waals surface area contributed by atoms with Crippen molar-refractivity contribution in [1.82, 2.24) is 14.4 Å². The van der Waals surface area contributed by atoms with Gasteiger partial charge in [-0.15, -0.1) is 0 Å². The van der Waals surface area contributed by atoms with E-state index in [-0.39, 0.29) is 11.7 Å². The van der Waals surface area contributed by atoms with E-state index in [0.29, 0.717) is 22.7 Å². The number of rotatable bonds is 3. The number of amides is 1. The second-order valence-electron chi connectivity index (χ2n) is 8.21. The van der Waals surface area contributed by atoms with E-state index in [9.17, 15) is 35.5 Å². The number of carboxylic acids is 2. The Balaban J connectivity index is 0.000000303. The molecule has 0 aliphatic carbocycles. The lowest BCUT2D eigenvalue weighted by molar-refractivity contribution is -0.193. The quantitative estimate of drug-likeness (QED) is 0.207. The molecular weight excluding hydrogens is 593 g/mol. The summed E-state index contributed by atoms with van der Waals surface area (Å²) >= 11 is 0. The first-order chi connectivity index (χ1) is 20.1. The maximum absolute atomic E-state index is 13.3. The molecule has 0 aliphatic rings. The summed E-state index contributed by atoms with van der Waals surface area (Å²) in [6.45, 7) is 0. The van der Waals surface area contributed by atoms with Gasteiger partial charge in [0.1, 0.15) is 11.6 Å². The maximum Gasteiger partial charge on any atom is 0.490 e. The predicted octanol–water partition coefficient (Wildman–Crippen LogP) is 6.21. The van der Waals surface area contributed by atoms with E-state index in [1.54, 1.807) is 24.5 Å². The molecule has 0 saturated heterocycles. The lowest BCUT2D eigenvalue weighted by atomic mass is 10.1. The van der Waals surface area contributed by atoms with Crippen molar-refractivity contribution in [3.63, 3.8) is 0 Å². The van der Waals surface area contributed by atoms with Gasteiger partial charge < -0.3 is 15.5 Å². The molecule has 0 aliphatic heterocycles. The summed E-state index contributed by atoms with van der Waals surface area (Å²) in [7, 11) is 0. The second kappa shape index (κ2) is 13.0. The van der Waals surface area contributed by atoms with Crippen LogP contribution < -0.4 is 5.32 Å². The summed E-state index contributed by atoms with van der Waals surface area (Å²) in [6.07, 6.45) is -4.89. The third-order valence-electron chi connectivity index (χ3n) is 5.28. The van der Waals surface area contributed by atoms with Gasteiger partial charge in [-0.2, -0.15) is 26.3 Å². The largest absolute Gasteiger partial charge is 0.490 e. The van der Waals surface area contributed by atoms with E-state index in [0.717, 1.165) is 16.3 Å². The van der Waals surface area contributed by atoms with Crippen molar-refractivity contribution in [3.8, 4) is 11.4 Å². The number of nitrogens with one attached hydrogen (secondary N) is 1. The average Bonchev–Trinajstić information content (AvgIpc) is 3.33. The summed E-state index contributed by atoms with van der Waals surface area (Å²) in [4.78, 5) is 39.6. The van der Waals surface area contributed by atoms with Gasteiger partial charge in [-0.1, -0.05) is 18.2 Å². The Morgan fingerprint density at radius 1 is 0.791 bits per heavy atom. The summed E-state index contributed by atoms with van der Waals surface area (Å²) < 4.78 is 78.6. The van der Waals surface area contributed by atoms with E-state index < -0.39 is 24.3 Å². The number of anilines is 1. The highest BCUT2D eigenvalue weighted by Gasteiger charge is 2.38. The first-order valence-electron chi connectivity index (χ1n) is 11.6. The van der Waals surface area contributed by atoms with E-state index >= 15 is 0 Å². The minimum atomic E-state index is -5.08. The minimum absolute atomic E-state index is 0.302. The van der Waals surface area contributed by atoms with Crippen LogP contribution in [0, 0.1) is 5.82 Å². The fourth-order valence-electron chi connectivity index (χ4n) is 3.42. The molecule has 224 valence electrons. The molecule has 3 heterocycles. The van der Waals surface area contributed by atoms with Gasteiger partial charge in [0.15, 0.2) is 5.69 Å². The smallest absolute Gasteiger partial charge is 0.475 e. The highest BCUT2D eigenvalue weighted by Crippen LogP contribution is 2.26. The predicted molar refractivity (Wildman–Crippen MR) is 138 cm³/mol. The number of halogens is 7. The number of aromatic nitrogens is 3. The Morgan fingerprint density at radius 3 is 1.98 bits per heavy atom. The third-order valence-corrected chi connectivity index (χ3v) is 5.28. The number of imidazole rings is 1. The lowest BCUT2D eigenvalue weighted by Gasteiger charge is -2.07. The van der Waals surface area contributed by atoms with Crippen LogP contribution in [0.2, 0.25) is 0 Å². The highest BCUT2D eigenvalue weighted by molar-refractivity contribution is 6.11. The Labute approximate surface area is 235 Å². The summed E-state index contributed by atoms with van der Waals surface area (Å²) in [5.74, 6) is -5.57. The van der Waals surface area contributed by atoms with Gasteiger partial charge in [0.05, 0.1) is 5.52 Å². The Hall–Kier alpha value is -5.54. The summed E-state index contributed by atoms with van der Waals surface area (Å²) in [5, 5.41) is 19.1. The molecule has 0 fully saturated rings. The molecule has 43 heavy (non-hydrogen) atoms. The molecule has 1 amide bonds. The SMILES string of the molecule is O=C(Nc1cccc2cnccc12)c1nc(-c2ccc(F)cc2)n2ccccc12.O=C(O)C(F)(F)F.O=C(O)C(F)(F)F. The molecule has 3 N–H and O–H groups in total. The topological polar surface area (TPSA) is 134 Å². The number of pyridine rings is 2. The van der Waals surface area contributed by atoms with Gasteiger partial charge >= 0.3 is 24.3 Å². The number of alkyl halides is 6. The van der Waals surface area contributed by atoms with Crippen LogP contribution in [-0.2, 0) is 9.59 Å². The fourth-order valence-corrected chi connectivity index (χ4v) is 3.42. The Morgan fingerprint density at radius 2 is 1.40 bits per heavy atom. The van der Waals surface area contributed by atoms with Crippen molar-refractivity contribution in [3.05, 3.63) is 96.8 Å². The molecular formula is C27H17F7N4O5. The number of nitrogens with zero attached hydrogens (tertiary/aromatic N) is 3. The first kappa shape index (κ1) is 32.0. The highest BCUT2D eigenvalue weighted by atomic mass is 19.4. The van der Waals surface area contributed by atoms with Gasteiger partial charge in [-0.3, -0.25) is 14.2 Å². The van der Waals surface area contributed by atoms with Crippen LogP contribution in [0.5, 0.6) is 0 Å². The number of aliphatic carboxylic acids is 2. The van der Waals surface area contributed by atoms with Crippen molar-refractivity contribution in [2.75, 3.05) is 5.32 Å². The number of fused-ring (bicyclic) bond motifs is 2. The number of hydrogen-bond acceptors (Lipinski definition) is 5. The number of hydrogen-bond donors (Lipinski definition) is 3. The van der Waals surface area contributed by atoms with Crippen molar-refractivity contribution < 1.29 is 55.3 Å². The van der Waals surface area contributed by atoms with Crippen LogP contribution in [0.1, 0.15) is 10.5 Å². The van der Waals surface area contributed by atoms with Gasteiger partial charge in [-0.25, -0.2) is 19.0 Å². The maximum atomic E-state index is 13.3. The van der Waals surface area contributed by atoms with Crippen molar-refractivity contribution >= 4 is 39.8 Å². The van der Waals surface area contributed by atoms with Crippen LogP contribution >= 0.6 is 0 Å². The van der Waals surface area contributed by atoms with Crippen LogP contribution in [0.4, 0.5) is 36.4 Å². The van der Waals surface area contributed by atoms with Crippen LogP contribution in [0.25, 0.3) is 27.7 Å².